The second-order valence-corrected chi connectivity index (χ2v) is 5.40. The Hall–Kier alpha value is -1.46. The first-order valence-electron chi connectivity index (χ1n) is 7.43. The summed E-state index contributed by atoms with van der Waals surface area (Å²) in [6, 6.07) is 6.02. The minimum absolute atomic E-state index is 0.0996. The van der Waals surface area contributed by atoms with Crippen molar-refractivity contribution in [2.75, 3.05) is 25.0 Å². The number of nitrogens with zero attached hydrogens (tertiary/aromatic N) is 1. The summed E-state index contributed by atoms with van der Waals surface area (Å²) in [5.41, 5.74) is 0.602. The van der Waals surface area contributed by atoms with E-state index in [9.17, 15) is 9.18 Å². The van der Waals surface area contributed by atoms with E-state index < -0.39 is 0 Å². The number of benzene rings is 1. The highest BCUT2D eigenvalue weighted by Gasteiger charge is 2.13. The number of carbonyl (C=O) groups excluding carboxylic acids is 1. The number of hydrogen-bond donors (Lipinski definition) is 2. The van der Waals surface area contributed by atoms with Gasteiger partial charge < -0.3 is 10.4 Å². The van der Waals surface area contributed by atoms with Crippen LogP contribution in [0.1, 0.15) is 33.1 Å². The fourth-order valence-electron chi connectivity index (χ4n) is 2.04. The molecule has 0 atom stereocenters. The number of rotatable bonds is 9. The SMILES string of the molecule is CC(C)N(CCCCCO)CC(=O)Nc1ccc(F)cc1. The zero-order valence-corrected chi connectivity index (χ0v) is 12.8. The van der Waals surface area contributed by atoms with Crippen LogP contribution < -0.4 is 5.32 Å². The molecule has 1 aromatic carbocycles. The van der Waals surface area contributed by atoms with E-state index in [1.807, 2.05) is 0 Å². The van der Waals surface area contributed by atoms with E-state index in [-0.39, 0.29) is 24.4 Å². The van der Waals surface area contributed by atoms with Crippen LogP contribution in [0.15, 0.2) is 24.3 Å². The van der Waals surface area contributed by atoms with Gasteiger partial charge >= 0.3 is 0 Å². The van der Waals surface area contributed by atoms with E-state index in [2.05, 4.69) is 24.1 Å². The number of aliphatic hydroxyl groups excluding tert-OH is 1. The largest absolute Gasteiger partial charge is 0.396 e. The zero-order chi connectivity index (χ0) is 15.7. The fraction of sp³-hybridized carbons (Fsp3) is 0.562. The van der Waals surface area contributed by atoms with Gasteiger partial charge in [-0.05, 0) is 63.9 Å². The van der Waals surface area contributed by atoms with Crippen LogP contribution in [0.2, 0.25) is 0 Å². The Morgan fingerprint density at radius 2 is 1.90 bits per heavy atom. The van der Waals surface area contributed by atoms with Crippen LogP contribution in [-0.2, 0) is 4.79 Å². The Bertz CT molecular complexity index is 421. The number of unbranched alkanes of at least 4 members (excludes halogenated alkanes) is 2. The zero-order valence-electron chi connectivity index (χ0n) is 12.8. The van der Waals surface area contributed by atoms with Gasteiger partial charge in [0.05, 0.1) is 6.54 Å². The maximum absolute atomic E-state index is 12.8. The molecule has 118 valence electrons. The molecule has 0 aromatic heterocycles. The van der Waals surface area contributed by atoms with E-state index in [4.69, 9.17) is 5.11 Å². The van der Waals surface area contributed by atoms with Gasteiger partial charge in [-0.1, -0.05) is 0 Å². The molecule has 0 spiro atoms. The number of carbonyl (C=O) groups is 1. The Morgan fingerprint density at radius 1 is 1.24 bits per heavy atom. The summed E-state index contributed by atoms with van der Waals surface area (Å²) in [4.78, 5) is 14.1. The van der Waals surface area contributed by atoms with Crippen LogP contribution in [0.25, 0.3) is 0 Å². The number of hydrogen-bond acceptors (Lipinski definition) is 3. The minimum Gasteiger partial charge on any atom is -0.396 e. The van der Waals surface area contributed by atoms with Gasteiger partial charge in [-0.25, -0.2) is 4.39 Å². The molecular formula is C16H25FN2O2. The van der Waals surface area contributed by atoms with E-state index in [1.165, 1.54) is 12.1 Å². The third-order valence-corrected chi connectivity index (χ3v) is 3.31. The van der Waals surface area contributed by atoms with Crippen LogP contribution in [0.4, 0.5) is 10.1 Å². The molecule has 2 N–H and O–H groups in total. The molecule has 0 fully saturated rings. The second kappa shape index (κ2) is 9.47. The van der Waals surface area contributed by atoms with Crippen molar-refractivity contribution < 1.29 is 14.3 Å². The Morgan fingerprint density at radius 3 is 2.48 bits per heavy atom. The summed E-state index contributed by atoms with van der Waals surface area (Å²) in [5, 5.41) is 11.5. The first-order chi connectivity index (χ1) is 10.0. The standard InChI is InChI=1S/C16H25FN2O2/c1-13(2)19(10-4-3-5-11-20)12-16(21)18-15-8-6-14(17)7-9-15/h6-9,13,20H,3-5,10-12H2,1-2H3,(H,18,21). The first kappa shape index (κ1) is 17.6. The molecule has 4 nitrogen and oxygen atoms in total. The summed E-state index contributed by atoms with van der Waals surface area (Å²) < 4.78 is 12.8. The van der Waals surface area contributed by atoms with Crippen molar-refractivity contribution in [3.05, 3.63) is 30.1 Å². The normalized spacial score (nSPS) is 11.1. The van der Waals surface area contributed by atoms with Crippen molar-refractivity contribution in [2.24, 2.45) is 0 Å². The van der Waals surface area contributed by atoms with Crippen molar-refractivity contribution in [1.82, 2.24) is 4.90 Å². The highest BCUT2D eigenvalue weighted by atomic mass is 19.1. The molecule has 1 rings (SSSR count). The number of anilines is 1. The molecule has 0 heterocycles. The molecule has 0 aliphatic heterocycles. The summed E-state index contributed by atoms with van der Waals surface area (Å²) in [7, 11) is 0. The van der Waals surface area contributed by atoms with Gasteiger partial charge in [0.2, 0.25) is 5.91 Å². The molecule has 0 aliphatic carbocycles. The molecule has 21 heavy (non-hydrogen) atoms. The molecule has 0 saturated carbocycles. The van der Waals surface area contributed by atoms with Gasteiger partial charge in [0.1, 0.15) is 5.82 Å². The Kier molecular flexibility index (Phi) is 7.93. The minimum atomic E-state index is -0.319. The molecular weight excluding hydrogens is 271 g/mol. The van der Waals surface area contributed by atoms with E-state index in [1.54, 1.807) is 12.1 Å². The average Bonchev–Trinajstić information content (AvgIpc) is 2.44. The maximum Gasteiger partial charge on any atom is 0.238 e. The van der Waals surface area contributed by atoms with E-state index in [0.717, 1.165) is 25.8 Å². The molecule has 0 bridgehead atoms. The van der Waals surface area contributed by atoms with Crippen LogP contribution in [-0.4, -0.2) is 41.7 Å². The van der Waals surface area contributed by atoms with Crippen LogP contribution in [0.5, 0.6) is 0 Å². The summed E-state index contributed by atoms with van der Waals surface area (Å²) in [6.45, 7) is 5.46. The molecule has 1 amide bonds. The Labute approximate surface area is 126 Å². The smallest absolute Gasteiger partial charge is 0.238 e. The molecule has 0 radical (unpaired) electrons. The molecule has 0 saturated heterocycles. The van der Waals surface area contributed by atoms with Crippen molar-refractivity contribution >= 4 is 11.6 Å². The third-order valence-electron chi connectivity index (χ3n) is 3.31. The van der Waals surface area contributed by atoms with Crippen molar-refractivity contribution in [3.63, 3.8) is 0 Å². The summed E-state index contributed by atoms with van der Waals surface area (Å²) in [5.74, 6) is -0.418. The van der Waals surface area contributed by atoms with Crippen LogP contribution in [0.3, 0.4) is 0 Å². The van der Waals surface area contributed by atoms with Gasteiger partial charge in [-0.3, -0.25) is 9.69 Å². The fourth-order valence-corrected chi connectivity index (χ4v) is 2.04. The number of aliphatic hydroxyl groups is 1. The van der Waals surface area contributed by atoms with Crippen molar-refractivity contribution in [2.45, 2.75) is 39.2 Å². The van der Waals surface area contributed by atoms with Crippen molar-refractivity contribution in [1.29, 1.82) is 0 Å². The van der Waals surface area contributed by atoms with Gasteiger partial charge in [-0.15, -0.1) is 0 Å². The predicted octanol–water partition coefficient (Wildman–Crippen LogP) is 2.64. The quantitative estimate of drug-likeness (QED) is 0.689. The lowest BCUT2D eigenvalue weighted by Gasteiger charge is -2.25. The lowest BCUT2D eigenvalue weighted by molar-refractivity contribution is -0.117. The third kappa shape index (κ3) is 7.20. The van der Waals surface area contributed by atoms with Crippen LogP contribution in [0, 0.1) is 5.82 Å². The van der Waals surface area contributed by atoms with Gasteiger partial charge in [0, 0.05) is 18.3 Å². The number of halogens is 1. The van der Waals surface area contributed by atoms with Gasteiger partial charge in [-0.2, -0.15) is 0 Å². The van der Waals surface area contributed by atoms with Crippen molar-refractivity contribution in [3.8, 4) is 0 Å². The second-order valence-electron chi connectivity index (χ2n) is 5.40. The Balaban J connectivity index is 2.42. The van der Waals surface area contributed by atoms with Gasteiger partial charge in [0.15, 0.2) is 0 Å². The summed E-state index contributed by atoms with van der Waals surface area (Å²) in [6.07, 6.45) is 2.72. The predicted molar refractivity (Wildman–Crippen MR) is 82.7 cm³/mol. The lowest BCUT2D eigenvalue weighted by atomic mass is 10.2. The highest BCUT2D eigenvalue weighted by Crippen LogP contribution is 2.09. The van der Waals surface area contributed by atoms with Crippen LogP contribution >= 0.6 is 0 Å². The topological polar surface area (TPSA) is 52.6 Å². The molecule has 1 aromatic rings. The van der Waals surface area contributed by atoms with Gasteiger partial charge in [0.25, 0.3) is 0 Å². The number of nitrogens with one attached hydrogen (secondary N) is 1. The van der Waals surface area contributed by atoms with E-state index in [0.29, 0.717) is 12.2 Å². The number of amides is 1. The molecule has 0 aliphatic rings. The molecule has 5 heteroatoms. The summed E-state index contributed by atoms with van der Waals surface area (Å²) >= 11 is 0. The monoisotopic (exact) mass is 296 g/mol. The lowest BCUT2D eigenvalue weighted by Crippen LogP contribution is -2.38. The van der Waals surface area contributed by atoms with E-state index >= 15 is 0 Å². The highest BCUT2D eigenvalue weighted by molar-refractivity contribution is 5.92. The molecule has 0 unspecified atom stereocenters. The first-order valence-corrected chi connectivity index (χ1v) is 7.43. The maximum atomic E-state index is 12.8. The average molecular weight is 296 g/mol.